The lowest BCUT2D eigenvalue weighted by Gasteiger charge is -2.27. The molecule has 7 heteroatoms. The minimum absolute atomic E-state index is 0.0595. The monoisotopic (exact) mass is 354 g/mol. The second-order valence-electron chi connectivity index (χ2n) is 5.66. The smallest absolute Gasteiger partial charge is 0.425 e. The zero-order chi connectivity index (χ0) is 18.6. The van der Waals surface area contributed by atoms with E-state index in [2.05, 4.69) is 5.32 Å². The Labute approximate surface area is 150 Å². The van der Waals surface area contributed by atoms with Crippen LogP contribution in [0.5, 0.6) is 0 Å². The lowest BCUT2D eigenvalue weighted by Crippen LogP contribution is -2.45. The molecular weight excluding hydrogens is 336 g/mol. The maximum atomic E-state index is 13.2. The van der Waals surface area contributed by atoms with Gasteiger partial charge < -0.3 is 14.8 Å². The highest BCUT2D eigenvalue weighted by Crippen LogP contribution is 2.36. The third-order valence-electron chi connectivity index (χ3n) is 4.13. The Balaban J connectivity index is 2.03. The minimum Gasteiger partial charge on any atom is -0.446 e. The van der Waals surface area contributed by atoms with Crippen molar-refractivity contribution in [2.75, 3.05) is 20.3 Å². The van der Waals surface area contributed by atoms with Crippen LogP contribution < -0.4 is 5.32 Å². The van der Waals surface area contributed by atoms with E-state index >= 15 is 0 Å². The Morgan fingerprint density at radius 1 is 0.962 bits per heavy atom. The molecule has 0 bridgehead atoms. The Hall–Kier alpha value is -3.19. The Morgan fingerprint density at radius 3 is 2.00 bits per heavy atom. The molecule has 0 aromatic heterocycles. The number of urea groups is 1. The molecule has 0 atom stereocenters. The van der Waals surface area contributed by atoms with Gasteiger partial charge in [-0.15, -0.1) is 0 Å². The van der Waals surface area contributed by atoms with Crippen LogP contribution in [-0.2, 0) is 19.8 Å². The van der Waals surface area contributed by atoms with Crippen LogP contribution in [0.15, 0.2) is 60.7 Å². The lowest BCUT2D eigenvalue weighted by molar-refractivity contribution is -0.129. The SMILES string of the molecule is COCCOC(=O)N1C(=O)NC(c2ccccc2)(c2ccccc2)C1=O. The van der Waals surface area contributed by atoms with Gasteiger partial charge in [-0.25, -0.2) is 9.59 Å². The van der Waals surface area contributed by atoms with Gasteiger partial charge in [-0.1, -0.05) is 60.7 Å². The number of imide groups is 3. The van der Waals surface area contributed by atoms with Gasteiger partial charge in [-0.3, -0.25) is 4.79 Å². The van der Waals surface area contributed by atoms with Crippen molar-refractivity contribution in [2.45, 2.75) is 5.54 Å². The molecule has 2 aromatic carbocycles. The number of methoxy groups -OCH3 is 1. The summed E-state index contributed by atoms with van der Waals surface area (Å²) in [5.74, 6) is -0.706. The number of amides is 4. The van der Waals surface area contributed by atoms with Crippen molar-refractivity contribution >= 4 is 18.0 Å². The van der Waals surface area contributed by atoms with Crippen LogP contribution in [0.25, 0.3) is 0 Å². The van der Waals surface area contributed by atoms with Gasteiger partial charge in [0.2, 0.25) is 0 Å². The summed E-state index contributed by atoms with van der Waals surface area (Å²) in [6.07, 6.45) is -1.03. The zero-order valence-electron chi connectivity index (χ0n) is 14.2. The molecule has 1 fully saturated rings. The molecular formula is C19H18N2O5. The summed E-state index contributed by atoms with van der Waals surface area (Å²) < 4.78 is 9.76. The van der Waals surface area contributed by atoms with Crippen molar-refractivity contribution < 1.29 is 23.9 Å². The summed E-state index contributed by atoms with van der Waals surface area (Å²) in [5, 5.41) is 2.68. The number of hydrogen-bond donors (Lipinski definition) is 1. The molecule has 26 heavy (non-hydrogen) atoms. The van der Waals surface area contributed by atoms with E-state index in [1.807, 2.05) is 0 Å². The third kappa shape index (κ3) is 2.93. The number of nitrogens with zero attached hydrogens (tertiary/aromatic N) is 1. The molecule has 0 unspecified atom stereocenters. The van der Waals surface area contributed by atoms with Gasteiger partial charge in [0.1, 0.15) is 6.61 Å². The molecule has 1 N–H and O–H groups in total. The second-order valence-corrected chi connectivity index (χ2v) is 5.66. The third-order valence-corrected chi connectivity index (χ3v) is 4.13. The van der Waals surface area contributed by atoms with Crippen LogP contribution in [0.2, 0.25) is 0 Å². The molecule has 134 valence electrons. The predicted octanol–water partition coefficient (Wildman–Crippen LogP) is 2.27. The average Bonchev–Trinajstić information content (AvgIpc) is 2.94. The number of carbonyl (C=O) groups excluding carboxylic acids is 3. The quantitative estimate of drug-likeness (QED) is 0.658. The number of nitrogens with one attached hydrogen (secondary N) is 1. The normalized spacial score (nSPS) is 15.7. The van der Waals surface area contributed by atoms with E-state index < -0.39 is 23.6 Å². The van der Waals surface area contributed by atoms with Crippen molar-refractivity contribution in [1.82, 2.24) is 10.2 Å². The number of hydrogen-bond acceptors (Lipinski definition) is 5. The Kier molecular flexibility index (Phi) is 4.99. The van der Waals surface area contributed by atoms with Crippen molar-refractivity contribution in [1.29, 1.82) is 0 Å². The van der Waals surface area contributed by atoms with Crippen molar-refractivity contribution in [2.24, 2.45) is 0 Å². The molecule has 1 aliphatic heterocycles. The molecule has 2 aromatic rings. The molecule has 1 aliphatic rings. The van der Waals surface area contributed by atoms with E-state index in [0.717, 1.165) is 0 Å². The summed E-state index contributed by atoms with van der Waals surface area (Å²) in [6.45, 7) is 0.105. The molecule has 0 radical (unpaired) electrons. The van der Waals surface area contributed by atoms with E-state index in [4.69, 9.17) is 9.47 Å². The van der Waals surface area contributed by atoms with Crippen LogP contribution in [0, 0.1) is 0 Å². The molecule has 0 saturated carbocycles. The van der Waals surface area contributed by atoms with Crippen molar-refractivity contribution in [3.63, 3.8) is 0 Å². The summed E-state index contributed by atoms with van der Waals surface area (Å²) in [4.78, 5) is 38.5. The van der Waals surface area contributed by atoms with E-state index in [1.165, 1.54) is 7.11 Å². The Bertz CT molecular complexity index is 768. The molecule has 3 rings (SSSR count). The van der Waals surface area contributed by atoms with Crippen LogP contribution in [-0.4, -0.2) is 43.3 Å². The lowest BCUT2D eigenvalue weighted by atomic mass is 9.83. The summed E-state index contributed by atoms with van der Waals surface area (Å²) in [7, 11) is 1.46. The van der Waals surface area contributed by atoms with Crippen LogP contribution in [0.4, 0.5) is 9.59 Å². The first-order valence-corrected chi connectivity index (χ1v) is 8.04. The van der Waals surface area contributed by atoms with Crippen LogP contribution in [0.3, 0.4) is 0 Å². The highest BCUT2D eigenvalue weighted by atomic mass is 16.6. The Morgan fingerprint density at radius 2 is 1.50 bits per heavy atom. The van der Waals surface area contributed by atoms with E-state index in [-0.39, 0.29) is 13.2 Å². The first-order chi connectivity index (χ1) is 12.6. The summed E-state index contributed by atoms with van der Waals surface area (Å²) >= 11 is 0. The van der Waals surface area contributed by atoms with Crippen LogP contribution >= 0.6 is 0 Å². The fraction of sp³-hybridized carbons (Fsp3) is 0.211. The topological polar surface area (TPSA) is 84.9 Å². The van der Waals surface area contributed by atoms with Crippen molar-refractivity contribution in [3.05, 3.63) is 71.8 Å². The van der Waals surface area contributed by atoms with E-state index in [1.54, 1.807) is 60.7 Å². The van der Waals surface area contributed by atoms with E-state index in [9.17, 15) is 14.4 Å². The fourth-order valence-corrected chi connectivity index (χ4v) is 2.91. The molecule has 7 nitrogen and oxygen atoms in total. The second kappa shape index (κ2) is 7.37. The number of rotatable bonds is 5. The molecule has 1 saturated heterocycles. The molecule has 4 amide bonds. The number of carbonyl (C=O) groups is 3. The first-order valence-electron chi connectivity index (χ1n) is 8.04. The van der Waals surface area contributed by atoms with Gasteiger partial charge in [0, 0.05) is 7.11 Å². The van der Waals surface area contributed by atoms with Crippen molar-refractivity contribution in [3.8, 4) is 0 Å². The van der Waals surface area contributed by atoms with Gasteiger partial charge in [0.15, 0.2) is 5.54 Å². The highest BCUT2D eigenvalue weighted by molar-refractivity contribution is 6.18. The fourth-order valence-electron chi connectivity index (χ4n) is 2.91. The van der Waals surface area contributed by atoms with Crippen LogP contribution in [0.1, 0.15) is 11.1 Å². The largest absolute Gasteiger partial charge is 0.446 e. The number of ether oxygens (including phenoxy) is 2. The molecule has 0 spiro atoms. The maximum Gasteiger partial charge on any atom is 0.425 e. The average molecular weight is 354 g/mol. The highest BCUT2D eigenvalue weighted by Gasteiger charge is 2.56. The minimum atomic E-state index is -1.49. The molecule has 0 aliphatic carbocycles. The maximum absolute atomic E-state index is 13.2. The standard InChI is InChI=1S/C19H18N2O5/c1-25-12-13-26-18(24)21-16(22)19(20-17(21)23,14-8-4-2-5-9-14)15-10-6-3-7-11-15/h2-11H,12-13H2,1H3,(H,20,23). The van der Waals surface area contributed by atoms with Gasteiger partial charge >= 0.3 is 12.1 Å². The van der Waals surface area contributed by atoms with Gasteiger partial charge in [-0.05, 0) is 11.1 Å². The van der Waals surface area contributed by atoms with E-state index in [0.29, 0.717) is 16.0 Å². The number of benzene rings is 2. The van der Waals surface area contributed by atoms with Gasteiger partial charge in [0.25, 0.3) is 5.91 Å². The zero-order valence-corrected chi connectivity index (χ0v) is 14.2. The van der Waals surface area contributed by atoms with Gasteiger partial charge in [0.05, 0.1) is 6.61 Å². The first kappa shape index (κ1) is 17.6. The molecule has 1 heterocycles. The summed E-state index contributed by atoms with van der Waals surface area (Å²) in [5.41, 5.74) is -0.381. The predicted molar refractivity (Wildman–Crippen MR) is 92.3 cm³/mol. The van der Waals surface area contributed by atoms with Gasteiger partial charge in [-0.2, -0.15) is 4.90 Å². The summed E-state index contributed by atoms with van der Waals surface area (Å²) in [6, 6.07) is 16.7.